The molecule has 2 aliphatic heterocycles. The first-order valence-electron chi connectivity index (χ1n) is 8.89. The molecule has 3 heterocycles. The third-order valence-corrected chi connectivity index (χ3v) is 5.58. The van der Waals surface area contributed by atoms with Crippen LogP contribution in [0.5, 0.6) is 5.75 Å². The highest BCUT2D eigenvalue weighted by atomic mass is 16.3. The fraction of sp³-hybridized carbons (Fsp3) is 0.421. The number of amides is 2. The molecule has 7 heteroatoms. The average molecular weight is 354 g/mol. The van der Waals surface area contributed by atoms with Gasteiger partial charge < -0.3 is 14.9 Å². The van der Waals surface area contributed by atoms with Crippen molar-refractivity contribution < 1.29 is 14.7 Å². The van der Waals surface area contributed by atoms with Crippen LogP contribution in [0.3, 0.4) is 0 Å². The Morgan fingerprint density at radius 3 is 2.88 bits per heavy atom. The minimum Gasteiger partial charge on any atom is -0.507 e. The van der Waals surface area contributed by atoms with Gasteiger partial charge in [0.1, 0.15) is 11.4 Å². The molecule has 4 rings (SSSR count). The van der Waals surface area contributed by atoms with Gasteiger partial charge in [-0.15, -0.1) is 0 Å². The number of aromatic hydroxyl groups is 1. The normalized spacial score (nSPS) is 23.0. The van der Waals surface area contributed by atoms with Crippen LogP contribution >= 0.6 is 0 Å². The standard InChI is InChI=1S/C19H22N4O3/c1-22-9-4-7-19(18(22)26)8-10-23(12-19)17(25)15-11-14(20-21-15)13-5-2-3-6-16(13)24/h2-3,5-6,11,24H,4,7-10,12H2,1H3,(H,20,21)/t19-/m1/s1. The van der Waals surface area contributed by atoms with Crippen LogP contribution in [0.25, 0.3) is 11.3 Å². The van der Waals surface area contributed by atoms with E-state index in [0.29, 0.717) is 36.5 Å². The van der Waals surface area contributed by atoms with Crippen molar-refractivity contribution in [2.75, 3.05) is 26.7 Å². The second-order valence-corrected chi connectivity index (χ2v) is 7.27. The van der Waals surface area contributed by atoms with Gasteiger partial charge in [0.2, 0.25) is 5.91 Å². The fourth-order valence-electron chi connectivity index (χ4n) is 4.12. The van der Waals surface area contributed by atoms with Crippen LogP contribution < -0.4 is 0 Å². The summed E-state index contributed by atoms with van der Waals surface area (Å²) in [7, 11) is 1.83. The van der Waals surface area contributed by atoms with Gasteiger partial charge >= 0.3 is 0 Å². The number of aromatic amines is 1. The first kappa shape index (κ1) is 16.6. The summed E-state index contributed by atoms with van der Waals surface area (Å²) in [6.45, 7) is 1.82. The van der Waals surface area contributed by atoms with E-state index in [1.54, 1.807) is 40.1 Å². The van der Waals surface area contributed by atoms with Crippen molar-refractivity contribution in [3.05, 3.63) is 36.0 Å². The van der Waals surface area contributed by atoms with Crippen LogP contribution in [0.4, 0.5) is 0 Å². The summed E-state index contributed by atoms with van der Waals surface area (Å²) in [6.07, 6.45) is 2.53. The summed E-state index contributed by atoms with van der Waals surface area (Å²) < 4.78 is 0. The van der Waals surface area contributed by atoms with Crippen molar-refractivity contribution in [3.8, 4) is 17.0 Å². The zero-order chi connectivity index (χ0) is 18.3. The number of phenols is 1. The van der Waals surface area contributed by atoms with Gasteiger partial charge in [0.05, 0.1) is 11.1 Å². The minimum atomic E-state index is -0.427. The summed E-state index contributed by atoms with van der Waals surface area (Å²) in [4.78, 5) is 29.0. The first-order chi connectivity index (χ1) is 12.5. The SMILES string of the molecule is CN1CCC[C@]2(CCN(C(=O)c3cc(-c4ccccc4O)n[nH]3)C2)C1=O. The van der Waals surface area contributed by atoms with Gasteiger partial charge in [-0.05, 0) is 37.5 Å². The summed E-state index contributed by atoms with van der Waals surface area (Å²) in [5.74, 6) is 0.115. The molecule has 2 N–H and O–H groups in total. The molecule has 0 unspecified atom stereocenters. The molecule has 1 aromatic heterocycles. The van der Waals surface area contributed by atoms with Crippen molar-refractivity contribution in [2.24, 2.45) is 5.41 Å². The maximum absolute atomic E-state index is 12.9. The number of aromatic nitrogens is 2. The van der Waals surface area contributed by atoms with Crippen molar-refractivity contribution in [3.63, 3.8) is 0 Å². The number of benzene rings is 1. The van der Waals surface area contributed by atoms with Crippen LogP contribution in [0.2, 0.25) is 0 Å². The summed E-state index contributed by atoms with van der Waals surface area (Å²) >= 11 is 0. The minimum absolute atomic E-state index is 0.119. The van der Waals surface area contributed by atoms with E-state index in [2.05, 4.69) is 10.2 Å². The summed E-state index contributed by atoms with van der Waals surface area (Å²) in [6, 6.07) is 8.53. The Hall–Kier alpha value is -2.83. The van der Waals surface area contributed by atoms with E-state index in [0.717, 1.165) is 19.4 Å². The highest BCUT2D eigenvalue weighted by Crippen LogP contribution is 2.40. The lowest BCUT2D eigenvalue weighted by Crippen LogP contribution is -2.48. The lowest BCUT2D eigenvalue weighted by molar-refractivity contribution is -0.143. The number of hydrogen-bond acceptors (Lipinski definition) is 4. The van der Waals surface area contributed by atoms with Crippen molar-refractivity contribution in [1.82, 2.24) is 20.0 Å². The van der Waals surface area contributed by atoms with E-state index in [1.807, 2.05) is 7.05 Å². The molecular formula is C19H22N4O3. The molecule has 2 aromatic rings. The van der Waals surface area contributed by atoms with Crippen LogP contribution in [-0.4, -0.2) is 63.6 Å². The van der Waals surface area contributed by atoms with Crippen LogP contribution in [-0.2, 0) is 4.79 Å². The zero-order valence-corrected chi connectivity index (χ0v) is 14.7. The molecule has 7 nitrogen and oxygen atoms in total. The second kappa shape index (κ2) is 6.16. The lowest BCUT2D eigenvalue weighted by Gasteiger charge is -2.37. The number of likely N-dealkylation sites (tertiary alicyclic amines) is 2. The maximum atomic E-state index is 12.9. The third-order valence-electron chi connectivity index (χ3n) is 5.58. The van der Waals surface area contributed by atoms with Gasteiger partial charge in [0.15, 0.2) is 0 Å². The molecule has 1 atom stereocenters. The molecular weight excluding hydrogens is 332 g/mol. The number of carbonyl (C=O) groups excluding carboxylic acids is 2. The molecule has 2 aliphatic rings. The van der Waals surface area contributed by atoms with Gasteiger partial charge in [0, 0.05) is 32.2 Å². The molecule has 136 valence electrons. The first-order valence-corrected chi connectivity index (χ1v) is 8.89. The Morgan fingerprint density at radius 1 is 1.27 bits per heavy atom. The molecule has 1 aromatic carbocycles. The number of rotatable bonds is 2. The number of nitrogens with zero attached hydrogens (tertiary/aromatic N) is 3. The van der Waals surface area contributed by atoms with Crippen LogP contribution in [0.15, 0.2) is 30.3 Å². The Balaban J connectivity index is 1.53. The smallest absolute Gasteiger partial charge is 0.271 e. The summed E-state index contributed by atoms with van der Waals surface area (Å²) in [5, 5.41) is 16.9. The van der Waals surface area contributed by atoms with Crippen molar-refractivity contribution in [1.29, 1.82) is 0 Å². The second-order valence-electron chi connectivity index (χ2n) is 7.27. The van der Waals surface area contributed by atoms with Gasteiger partial charge in [-0.25, -0.2) is 0 Å². The molecule has 0 aliphatic carbocycles. The van der Waals surface area contributed by atoms with Gasteiger partial charge in [0.25, 0.3) is 5.91 Å². The fourth-order valence-corrected chi connectivity index (χ4v) is 4.12. The van der Waals surface area contributed by atoms with E-state index in [4.69, 9.17) is 0 Å². The molecule has 2 amide bonds. The topological polar surface area (TPSA) is 89.5 Å². The lowest BCUT2D eigenvalue weighted by atomic mass is 9.78. The van der Waals surface area contributed by atoms with Crippen molar-refractivity contribution in [2.45, 2.75) is 19.3 Å². The van der Waals surface area contributed by atoms with E-state index in [-0.39, 0.29) is 17.6 Å². The number of piperidine rings is 1. The van der Waals surface area contributed by atoms with E-state index in [9.17, 15) is 14.7 Å². The number of phenolic OH excluding ortho intramolecular Hbond substituents is 1. The number of H-pyrrole nitrogens is 1. The molecule has 2 saturated heterocycles. The molecule has 1 spiro atoms. The maximum Gasteiger partial charge on any atom is 0.271 e. The quantitative estimate of drug-likeness (QED) is 0.861. The monoisotopic (exact) mass is 354 g/mol. The Morgan fingerprint density at radius 2 is 2.08 bits per heavy atom. The Bertz CT molecular complexity index is 862. The Kier molecular flexibility index (Phi) is 3.94. The van der Waals surface area contributed by atoms with Gasteiger partial charge in [-0.1, -0.05) is 12.1 Å². The van der Waals surface area contributed by atoms with E-state index >= 15 is 0 Å². The number of para-hydroxylation sites is 1. The van der Waals surface area contributed by atoms with E-state index in [1.165, 1.54) is 0 Å². The molecule has 0 saturated carbocycles. The van der Waals surface area contributed by atoms with Crippen LogP contribution in [0, 0.1) is 5.41 Å². The summed E-state index contributed by atoms with van der Waals surface area (Å²) in [5.41, 5.74) is 1.04. The molecule has 0 radical (unpaired) electrons. The Labute approximate surface area is 151 Å². The van der Waals surface area contributed by atoms with E-state index < -0.39 is 5.41 Å². The van der Waals surface area contributed by atoms with Gasteiger partial charge in [-0.2, -0.15) is 5.10 Å². The number of nitrogens with one attached hydrogen (secondary N) is 1. The predicted octanol–water partition coefficient (Wildman–Crippen LogP) is 1.87. The number of carbonyl (C=O) groups is 2. The van der Waals surface area contributed by atoms with Gasteiger partial charge in [-0.3, -0.25) is 14.7 Å². The number of hydrogen-bond donors (Lipinski definition) is 2. The predicted molar refractivity (Wildman–Crippen MR) is 95.5 cm³/mol. The highest BCUT2D eigenvalue weighted by Gasteiger charge is 2.48. The third kappa shape index (κ3) is 2.64. The van der Waals surface area contributed by atoms with Crippen molar-refractivity contribution >= 4 is 11.8 Å². The largest absolute Gasteiger partial charge is 0.507 e. The van der Waals surface area contributed by atoms with Crippen LogP contribution in [0.1, 0.15) is 29.8 Å². The molecule has 2 fully saturated rings. The zero-order valence-electron chi connectivity index (χ0n) is 14.7. The average Bonchev–Trinajstić information content (AvgIpc) is 3.28. The highest BCUT2D eigenvalue weighted by molar-refractivity contribution is 5.95. The molecule has 0 bridgehead atoms. The molecule has 26 heavy (non-hydrogen) atoms.